The number of carbonyl (C=O) groups is 1. The molecule has 0 aliphatic rings. The van der Waals surface area contributed by atoms with Crippen LogP contribution in [0.4, 0.5) is 0 Å². The number of rotatable bonds is 7. The Balaban J connectivity index is 1.87. The molecule has 0 amide bonds. The summed E-state index contributed by atoms with van der Waals surface area (Å²) in [6, 6.07) is 15.1. The van der Waals surface area contributed by atoms with Crippen LogP contribution in [0.3, 0.4) is 0 Å². The highest BCUT2D eigenvalue weighted by atomic mass is 35.5. The molecule has 2 aromatic carbocycles. The van der Waals surface area contributed by atoms with Crippen LogP contribution in [0.5, 0.6) is 0 Å². The van der Waals surface area contributed by atoms with E-state index in [0.29, 0.717) is 16.3 Å². The predicted molar refractivity (Wildman–Crippen MR) is 116 cm³/mol. The van der Waals surface area contributed by atoms with E-state index in [-0.39, 0.29) is 12.0 Å². The number of aromatic nitrogens is 3. The maximum Gasteiger partial charge on any atom is 0.337 e. The van der Waals surface area contributed by atoms with E-state index in [4.69, 9.17) is 16.3 Å². The molecule has 152 valence electrons. The number of methoxy groups -OCH3 is 1. The molecule has 0 saturated carbocycles. The van der Waals surface area contributed by atoms with Crippen molar-refractivity contribution in [3.63, 3.8) is 0 Å². The van der Waals surface area contributed by atoms with Gasteiger partial charge in [-0.15, -0.1) is 10.2 Å². The lowest BCUT2D eigenvalue weighted by molar-refractivity contribution is 0.0600. The van der Waals surface area contributed by atoms with Crippen molar-refractivity contribution in [1.29, 1.82) is 0 Å². The minimum Gasteiger partial charge on any atom is -0.465 e. The molecule has 6 nitrogen and oxygen atoms in total. The summed E-state index contributed by atoms with van der Waals surface area (Å²) in [7, 11) is 5.41. The summed E-state index contributed by atoms with van der Waals surface area (Å²) in [6.07, 6.45) is 0. The summed E-state index contributed by atoms with van der Waals surface area (Å²) in [5.74, 6) is 1.22. The largest absolute Gasteiger partial charge is 0.465 e. The molecule has 0 aliphatic heterocycles. The maximum atomic E-state index is 11.6. The second-order valence-electron chi connectivity index (χ2n) is 6.77. The fourth-order valence-corrected chi connectivity index (χ4v) is 3.75. The predicted octanol–water partition coefficient (Wildman–Crippen LogP) is 4.62. The average molecular weight is 431 g/mol. The number of hydrogen-bond donors (Lipinski definition) is 0. The number of ether oxygens (including phenoxy) is 1. The van der Waals surface area contributed by atoms with Crippen LogP contribution in [0.15, 0.2) is 53.7 Å². The highest BCUT2D eigenvalue weighted by molar-refractivity contribution is 7.98. The second-order valence-corrected chi connectivity index (χ2v) is 8.15. The van der Waals surface area contributed by atoms with Crippen LogP contribution in [0.1, 0.15) is 34.7 Å². The van der Waals surface area contributed by atoms with Gasteiger partial charge < -0.3 is 4.74 Å². The molecule has 0 spiro atoms. The normalized spacial score (nSPS) is 12.2. The summed E-state index contributed by atoms with van der Waals surface area (Å²) in [5, 5.41) is 10.4. The Morgan fingerprint density at radius 2 is 1.79 bits per heavy atom. The Morgan fingerprint density at radius 1 is 1.14 bits per heavy atom. The number of esters is 1. The molecule has 1 unspecified atom stereocenters. The number of halogens is 1. The lowest BCUT2D eigenvalue weighted by Crippen LogP contribution is -2.20. The van der Waals surface area contributed by atoms with Crippen LogP contribution in [0.25, 0.3) is 5.69 Å². The minimum absolute atomic E-state index is 0.0897. The fourth-order valence-electron chi connectivity index (χ4n) is 2.71. The molecule has 0 fully saturated rings. The summed E-state index contributed by atoms with van der Waals surface area (Å²) >= 11 is 7.66. The number of hydrogen-bond acceptors (Lipinski definition) is 6. The molecule has 3 rings (SSSR count). The topological polar surface area (TPSA) is 60.2 Å². The summed E-state index contributed by atoms with van der Waals surface area (Å²) < 4.78 is 6.81. The molecular weight excluding hydrogens is 408 g/mol. The third-order valence-electron chi connectivity index (χ3n) is 4.63. The van der Waals surface area contributed by atoms with Crippen LogP contribution >= 0.6 is 23.4 Å². The molecule has 1 heterocycles. The van der Waals surface area contributed by atoms with Gasteiger partial charge in [0.2, 0.25) is 0 Å². The summed E-state index contributed by atoms with van der Waals surface area (Å²) in [6.45, 7) is 2.09. The van der Waals surface area contributed by atoms with Gasteiger partial charge in [-0.25, -0.2) is 4.79 Å². The zero-order valence-corrected chi connectivity index (χ0v) is 18.4. The molecule has 29 heavy (non-hydrogen) atoms. The van der Waals surface area contributed by atoms with E-state index in [9.17, 15) is 4.79 Å². The molecule has 0 saturated heterocycles. The van der Waals surface area contributed by atoms with Gasteiger partial charge in [-0.2, -0.15) is 0 Å². The van der Waals surface area contributed by atoms with E-state index in [1.165, 1.54) is 7.11 Å². The first-order chi connectivity index (χ1) is 13.9. The summed E-state index contributed by atoms with van der Waals surface area (Å²) in [4.78, 5) is 13.7. The molecule has 1 atom stereocenters. The first-order valence-electron chi connectivity index (χ1n) is 9.08. The molecule has 0 bridgehead atoms. The van der Waals surface area contributed by atoms with E-state index in [0.717, 1.165) is 22.2 Å². The van der Waals surface area contributed by atoms with E-state index in [1.807, 2.05) is 50.5 Å². The summed E-state index contributed by atoms with van der Waals surface area (Å²) in [5.41, 5.74) is 2.58. The van der Waals surface area contributed by atoms with Gasteiger partial charge in [0.15, 0.2) is 11.0 Å². The molecule has 0 radical (unpaired) electrons. The SMILES string of the molecule is COC(=O)c1ccc(CSc2nnc(C(C)N(C)C)n2-c2ccc(Cl)cc2)cc1. The highest BCUT2D eigenvalue weighted by Gasteiger charge is 2.21. The monoisotopic (exact) mass is 430 g/mol. The van der Waals surface area contributed by atoms with Gasteiger partial charge in [-0.3, -0.25) is 9.47 Å². The first kappa shape index (κ1) is 21.4. The van der Waals surface area contributed by atoms with Crippen LogP contribution < -0.4 is 0 Å². The number of carbonyl (C=O) groups excluding carboxylic acids is 1. The molecule has 3 aromatic rings. The lowest BCUT2D eigenvalue weighted by atomic mass is 10.1. The van der Waals surface area contributed by atoms with Crippen molar-refractivity contribution < 1.29 is 9.53 Å². The van der Waals surface area contributed by atoms with Crippen LogP contribution in [-0.2, 0) is 10.5 Å². The van der Waals surface area contributed by atoms with E-state index in [2.05, 4.69) is 26.6 Å². The van der Waals surface area contributed by atoms with Crippen molar-refractivity contribution >= 4 is 29.3 Å². The van der Waals surface area contributed by atoms with Crippen LogP contribution in [-0.4, -0.2) is 46.8 Å². The Bertz CT molecular complexity index is 971. The van der Waals surface area contributed by atoms with Gasteiger partial charge in [0.1, 0.15) is 0 Å². The van der Waals surface area contributed by atoms with Gasteiger partial charge in [0.25, 0.3) is 0 Å². The Labute approximate surface area is 179 Å². The van der Waals surface area contributed by atoms with Crippen molar-refractivity contribution in [3.8, 4) is 5.69 Å². The van der Waals surface area contributed by atoms with Crippen molar-refractivity contribution in [2.24, 2.45) is 0 Å². The van der Waals surface area contributed by atoms with Gasteiger partial charge in [-0.05, 0) is 63.0 Å². The molecule has 0 N–H and O–H groups in total. The quantitative estimate of drug-likeness (QED) is 0.402. The van der Waals surface area contributed by atoms with Crippen molar-refractivity contribution in [2.45, 2.75) is 23.9 Å². The van der Waals surface area contributed by atoms with Crippen LogP contribution in [0, 0.1) is 0 Å². The van der Waals surface area contributed by atoms with Crippen molar-refractivity contribution in [3.05, 3.63) is 70.5 Å². The number of thioether (sulfide) groups is 1. The number of nitrogens with zero attached hydrogens (tertiary/aromatic N) is 4. The van der Waals surface area contributed by atoms with E-state index in [1.54, 1.807) is 23.9 Å². The van der Waals surface area contributed by atoms with Gasteiger partial charge >= 0.3 is 5.97 Å². The Kier molecular flexibility index (Phi) is 6.95. The smallest absolute Gasteiger partial charge is 0.337 e. The first-order valence-corrected chi connectivity index (χ1v) is 10.4. The minimum atomic E-state index is -0.339. The molecule has 8 heteroatoms. The van der Waals surface area contributed by atoms with Crippen molar-refractivity contribution in [1.82, 2.24) is 19.7 Å². The third kappa shape index (κ3) is 4.98. The fraction of sp³-hybridized carbons (Fsp3) is 0.286. The second kappa shape index (κ2) is 9.43. The van der Waals surface area contributed by atoms with Crippen molar-refractivity contribution in [2.75, 3.05) is 21.2 Å². The molecular formula is C21H23ClN4O2S. The third-order valence-corrected chi connectivity index (χ3v) is 5.89. The average Bonchev–Trinajstić information content (AvgIpc) is 3.15. The van der Waals surface area contributed by atoms with E-state index < -0.39 is 0 Å². The lowest BCUT2D eigenvalue weighted by Gasteiger charge is -2.20. The zero-order chi connectivity index (χ0) is 21.0. The van der Waals surface area contributed by atoms with Gasteiger partial charge in [0, 0.05) is 16.5 Å². The zero-order valence-electron chi connectivity index (χ0n) is 16.8. The van der Waals surface area contributed by atoms with Crippen LogP contribution in [0.2, 0.25) is 5.02 Å². The Hall–Kier alpha value is -2.35. The Morgan fingerprint density at radius 3 is 2.38 bits per heavy atom. The molecule has 0 aliphatic carbocycles. The number of benzene rings is 2. The van der Waals surface area contributed by atoms with Gasteiger partial charge in [0.05, 0.1) is 18.7 Å². The van der Waals surface area contributed by atoms with E-state index >= 15 is 0 Å². The van der Waals surface area contributed by atoms with Gasteiger partial charge in [-0.1, -0.05) is 35.5 Å². The molecule has 1 aromatic heterocycles. The standard InChI is InChI=1S/C21H23ClN4O2S/c1-14(25(2)3)19-23-24-21(26(19)18-11-9-17(22)10-12-18)29-13-15-5-7-16(8-6-15)20(27)28-4/h5-12,14H,13H2,1-4H3. The highest BCUT2D eigenvalue weighted by Crippen LogP contribution is 2.29. The maximum absolute atomic E-state index is 11.6.